The Kier molecular flexibility index (Phi) is 6.54. The predicted molar refractivity (Wildman–Crippen MR) is 95.1 cm³/mol. The molecule has 0 saturated carbocycles. The van der Waals surface area contributed by atoms with Crippen molar-refractivity contribution in [1.82, 2.24) is 10.2 Å². The SMILES string of the molecule is CCc1nnc(NC(=O)CSCC(=O)Nc2cccc(C)c2)s1. The smallest absolute Gasteiger partial charge is 0.236 e. The molecule has 0 bridgehead atoms. The summed E-state index contributed by atoms with van der Waals surface area (Å²) in [6, 6.07) is 7.59. The second kappa shape index (κ2) is 8.64. The lowest BCUT2D eigenvalue weighted by molar-refractivity contribution is -0.114. The molecule has 2 N–H and O–H groups in total. The Balaban J connectivity index is 1.69. The van der Waals surface area contributed by atoms with Gasteiger partial charge in [-0.05, 0) is 31.0 Å². The lowest BCUT2D eigenvalue weighted by Gasteiger charge is -2.05. The number of aromatic nitrogens is 2. The zero-order valence-electron chi connectivity index (χ0n) is 13.0. The number of hydrogen-bond donors (Lipinski definition) is 2. The molecule has 2 aromatic rings. The Hall–Kier alpha value is -1.93. The Bertz CT molecular complexity index is 688. The Labute approximate surface area is 143 Å². The van der Waals surface area contributed by atoms with Gasteiger partial charge in [0.1, 0.15) is 5.01 Å². The van der Waals surface area contributed by atoms with Crippen LogP contribution in [0.5, 0.6) is 0 Å². The van der Waals surface area contributed by atoms with Gasteiger partial charge >= 0.3 is 0 Å². The van der Waals surface area contributed by atoms with Crippen molar-refractivity contribution >= 4 is 45.7 Å². The summed E-state index contributed by atoms with van der Waals surface area (Å²) in [6.45, 7) is 3.95. The number of nitrogens with zero attached hydrogens (tertiary/aromatic N) is 2. The van der Waals surface area contributed by atoms with Crippen LogP contribution in [0.15, 0.2) is 24.3 Å². The van der Waals surface area contributed by atoms with Crippen molar-refractivity contribution in [1.29, 1.82) is 0 Å². The van der Waals surface area contributed by atoms with Crippen molar-refractivity contribution in [2.24, 2.45) is 0 Å². The molecule has 0 aliphatic heterocycles. The maximum atomic E-state index is 11.8. The highest BCUT2D eigenvalue weighted by molar-refractivity contribution is 8.00. The second-order valence-electron chi connectivity index (χ2n) is 4.81. The van der Waals surface area contributed by atoms with Crippen LogP contribution in [-0.2, 0) is 16.0 Å². The minimum absolute atomic E-state index is 0.127. The van der Waals surface area contributed by atoms with E-state index < -0.39 is 0 Å². The van der Waals surface area contributed by atoms with Gasteiger partial charge in [0.05, 0.1) is 11.5 Å². The summed E-state index contributed by atoms with van der Waals surface area (Å²) in [6.07, 6.45) is 0.793. The van der Waals surface area contributed by atoms with E-state index in [1.54, 1.807) is 0 Å². The normalized spacial score (nSPS) is 10.3. The first-order valence-corrected chi connectivity index (χ1v) is 9.10. The molecule has 0 radical (unpaired) electrons. The average molecular weight is 350 g/mol. The van der Waals surface area contributed by atoms with Crippen LogP contribution < -0.4 is 10.6 Å². The molecule has 23 heavy (non-hydrogen) atoms. The second-order valence-corrected chi connectivity index (χ2v) is 6.86. The highest BCUT2D eigenvalue weighted by Crippen LogP contribution is 2.16. The topological polar surface area (TPSA) is 84.0 Å². The lowest BCUT2D eigenvalue weighted by atomic mass is 10.2. The number of anilines is 2. The number of aryl methyl sites for hydroxylation is 2. The van der Waals surface area contributed by atoms with Crippen LogP contribution in [0.3, 0.4) is 0 Å². The standard InChI is InChI=1S/C15H18N4O2S2/c1-3-14-18-19-15(23-14)17-13(21)9-22-8-12(20)16-11-6-4-5-10(2)7-11/h4-7H,3,8-9H2,1-2H3,(H,16,20)(H,17,19,21). The van der Waals surface area contributed by atoms with E-state index in [0.717, 1.165) is 22.7 Å². The van der Waals surface area contributed by atoms with Gasteiger partial charge in [0.15, 0.2) is 0 Å². The third kappa shape index (κ3) is 5.99. The maximum absolute atomic E-state index is 11.8. The van der Waals surface area contributed by atoms with Crippen molar-refractivity contribution in [3.63, 3.8) is 0 Å². The monoisotopic (exact) mass is 350 g/mol. The zero-order chi connectivity index (χ0) is 16.7. The van der Waals surface area contributed by atoms with Crippen molar-refractivity contribution in [2.45, 2.75) is 20.3 Å². The van der Waals surface area contributed by atoms with Gasteiger partial charge in [-0.1, -0.05) is 30.4 Å². The number of carbonyl (C=O) groups excluding carboxylic acids is 2. The molecule has 2 amide bonds. The number of rotatable bonds is 7. The average Bonchev–Trinajstić information content (AvgIpc) is 2.94. The maximum Gasteiger partial charge on any atom is 0.236 e. The molecular weight excluding hydrogens is 332 g/mol. The molecule has 2 rings (SSSR count). The molecule has 1 heterocycles. The van der Waals surface area contributed by atoms with Crippen LogP contribution in [0.25, 0.3) is 0 Å². The molecule has 0 unspecified atom stereocenters. The summed E-state index contributed by atoms with van der Waals surface area (Å²) in [5, 5.41) is 14.7. The van der Waals surface area contributed by atoms with Gasteiger partial charge in [0.25, 0.3) is 0 Å². The van der Waals surface area contributed by atoms with Crippen LogP contribution >= 0.6 is 23.1 Å². The highest BCUT2D eigenvalue weighted by Gasteiger charge is 2.09. The quantitative estimate of drug-likeness (QED) is 0.802. The fourth-order valence-electron chi connectivity index (χ4n) is 1.76. The number of thioether (sulfide) groups is 1. The van der Waals surface area contributed by atoms with Crippen LogP contribution in [-0.4, -0.2) is 33.5 Å². The van der Waals surface area contributed by atoms with E-state index in [-0.39, 0.29) is 23.3 Å². The molecule has 1 aromatic carbocycles. The largest absolute Gasteiger partial charge is 0.325 e. The van der Waals surface area contributed by atoms with Gasteiger partial charge in [0.2, 0.25) is 16.9 Å². The van der Waals surface area contributed by atoms with Crippen LogP contribution in [0, 0.1) is 6.92 Å². The number of carbonyl (C=O) groups is 2. The van der Waals surface area contributed by atoms with E-state index in [1.165, 1.54) is 23.1 Å². The molecule has 0 fully saturated rings. The van der Waals surface area contributed by atoms with Gasteiger partial charge in [-0.2, -0.15) is 0 Å². The molecule has 0 spiro atoms. The number of benzene rings is 1. The third-order valence-electron chi connectivity index (χ3n) is 2.78. The number of hydrogen-bond acceptors (Lipinski definition) is 6. The van der Waals surface area contributed by atoms with Crippen molar-refractivity contribution in [2.75, 3.05) is 22.1 Å². The first-order chi connectivity index (χ1) is 11.1. The summed E-state index contributed by atoms with van der Waals surface area (Å²) >= 11 is 2.62. The molecule has 0 saturated heterocycles. The van der Waals surface area contributed by atoms with Gasteiger partial charge in [-0.25, -0.2) is 0 Å². The molecule has 8 heteroatoms. The van der Waals surface area contributed by atoms with Crippen LogP contribution in [0.2, 0.25) is 0 Å². The minimum Gasteiger partial charge on any atom is -0.325 e. The van der Waals surface area contributed by atoms with E-state index in [4.69, 9.17) is 0 Å². The van der Waals surface area contributed by atoms with Gasteiger partial charge in [0, 0.05) is 5.69 Å². The van der Waals surface area contributed by atoms with E-state index in [1.807, 2.05) is 38.1 Å². The van der Waals surface area contributed by atoms with Crippen LogP contribution in [0.1, 0.15) is 17.5 Å². The predicted octanol–water partition coefficient (Wildman–Crippen LogP) is 2.72. The van der Waals surface area contributed by atoms with Crippen molar-refractivity contribution in [3.05, 3.63) is 34.8 Å². The Morgan fingerprint density at radius 3 is 2.57 bits per heavy atom. The molecule has 6 nitrogen and oxygen atoms in total. The molecular formula is C15H18N4O2S2. The number of amides is 2. The zero-order valence-corrected chi connectivity index (χ0v) is 14.6. The van der Waals surface area contributed by atoms with Gasteiger partial charge in [-0.3, -0.25) is 14.9 Å². The Morgan fingerprint density at radius 1 is 1.17 bits per heavy atom. The molecule has 0 aliphatic rings. The van der Waals surface area contributed by atoms with E-state index in [0.29, 0.717) is 5.13 Å². The summed E-state index contributed by atoms with van der Waals surface area (Å²) in [5.74, 6) is 0.106. The molecule has 0 atom stereocenters. The number of nitrogens with one attached hydrogen (secondary N) is 2. The third-order valence-corrected chi connectivity index (χ3v) is 4.70. The fourth-order valence-corrected chi connectivity index (χ4v) is 3.07. The van der Waals surface area contributed by atoms with Crippen LogP contribution in [0.4, 0.5) is 10.8 Å². The van der Waals surface area contributed by atoms with E-state index >= 15 is 0 Å². The van der Waals surface area contributed by atoms with E-state index in [9.17, 15) is 9.59 Å². The van der Waals surface area contributed by atoms with E-state index in [2.05, 4.69) is 20.8 Å². The van der Waals surface area contributed by atoms with Crippen molar-refractivity contribution in [3.8, 4) is 0 Å². The van der Waals surface area contributed by atoms with Gasteiger partial charge in [-0.15, -0.1) is 22.0 Å². The highest BCUT2D eigenvalue weighted by atomic mass is 32.2. The summed E-state index contributed by atoms with van der Waals surface area (Å²) in [7, 11) is 0. The first-order valence-electron chi connectivity index (χ1n) is 7.13. The lowest BCUT2D eigenvalue weighted by Crippen LogP contribution is -2.18. The summed E-state index contributed by atoms with van der Waals surface area (Å²) in [5.41, 5.74) is 1.85. The Morgan fingerprint density at radius 2 is 1.91 bits per heavy atom. The van der Waals surface area contributed by atoms with Gasteiger partial charge < -0.3 is 5.32 Å². The fraction of sp³-hybridized carbons (Fsp3) is 0.333. The molecule has 0 aliphatic carbocycles. The molecule has 122 valence electrons. The first kappa shape index (κ1) is 17.4. The minimum atomic E-state index is -0.183. The summed E-state index contributed by atoms with van der Waals surface area (Å²) < 4.78 is 0. The summed E-state index contributed by atoms with van der Waals surface area (Å²) in [4.78, 5) is 23.6. The van der Waals surface area contributed by atoms with Crippen molar-refractivity contribution < 1.29 is 9.59 Å². The molecule has 1 aromatic heterocycles.